The van der Waals surface area contributed by atoms with E-state index >= 15 is 0 Å². The molecule has 0 saturated heterocycles. The molecule has 4 nitrogen and oxygen atoms in total. The molecule has 0 atom stereocenters. The molecule has 0 bridgehead atoms. The minimum absolute atomic E-state index is 0.306. The first kappa shape index (κ1) is 14.2. The first-order valence-electron chi connectivity index (χ1n) is 5.84. The molecule has 0 aliphatic carbocycles. The van der Waals surface area contributed by atoms with Crippen molar-refractivity contribution >= 4 is 17.6 Å². The fourth-order valence-electron chi connectivity index (χ4n) is 1.61. The molecule has 104 valence electrons. The predicted molar refractivity (Wildman–Crippen MR) is 76.0 cm³/mol. The van der Waals surface area contributed by atoms with Crippen LogP contribution in [-0.2, 0) is 0 Å². The van der Waals surface area contributed by atoms with E-state index in [1.54, 1.807) is 42.5 Å². The van der Waals surface area contributed by atoms with Crippen molar-refractivity contribution in [3.05, 3.63) is 53.1 Å². The van der Waals surface area contributed by atoms with Gasteiger partial charge in [0, 0.05) is 6.07 Å². The maximum atomic E-state index is 12.1. The zero-order valence-corrected chi connectivity index (χ0v) is 11.8. The van der Waals surface area contributed by atoms with Crippen LogP contribution in [0.15, 0.2) is 42.5 Å². The average Bonchev–Trinajstić information content (AvgIpc) is 2.48. The molecule has 0 spiro atoms. The molecule has 2 aromatic carbocycles. The largest absolute Gasteiger partial charge is 0.497 e. The normalized spacial score (nSPS) is 9.95. The van der Waals surface area contributed by atoms with Crippen molar-refractivity contribution < 1.29 is 19.0 Å². The Labute approximate surface area is 121 Å². The van der Waals surface area contributed by atoms with Crippen LogP contribution in [0.1, 0.15) is 10.4 Å². The molecule has 0 fully saturated rings. The number of benzene rings is 2. The number of halogens is 1. The van der Waals surface area contributed by atoms with Gasteiger partial charge in [-0.25, -0.2) is 4.79 Å². The molecule has 0 aliphatic rings. The molecule has 5 heteroatoms. The van der Waals surface area contributed by atoms with Crippen molar-refractivity contribution in [1.29, 1.82) is 0 Å². The third-order valence-corrected chi connectivity index (χ3v) is 2.94. The Bertz CT molecular complexity index is 603. The molecule has 0 amide bonds. The highest BCUT2D eigenvalue weighted by molar-refractivity contribution is 6.32. The number of carbonyl (C=O) groups excluding carboxylic acids is 1. The van der Waals surface area contributed by atoms with Gasteiger partial charge in [-0.15, -0.1) is 0 Å². The Hall–Kier alpha value is -2.20. The van der Waals surface area contributed by atoms with Gasteiger partial charge in [-0.2, -0.15) is 0 Å². The Balaban J connectivity index is 2.27. The second-order valence-electron chi connectivity index (χ2n) is 3.92. The van der Waals surface area contributed by atoms with Crippen molar-refractivity contribution in [2.24, 2.45) is 0 Å². The third kappa shape index (κ3) is 3.22. The van der Waals surface area contributed by atoms with Crippen molar-refractivity contribution in [1.82, 2.24) is 0 Å². The van der Waals surface area contributed by atoms with E-state index < -0.39 is 5.97 Å². The SMILES string of the molecule is COc1cc(OC)cc(C(=O)Oc2ccccc2Cl)c1. The first-order chi connectivity index (χ1) is 9.63. The Morgan fingerprint density at radius 3 is 2.15 bits per heavy atom. The number of methoxy groups -OCH3 is 2. The minimum atomic E-state index is -0.532. The van der Waals surface area contributed by atoms with Gasteiger partial charge in [-0.05, 0) is 24.3 Å². The number of esters is 1. The van der Waals surface area contributed by atoms with Crippen LogP contribution in [0.3, 0.4) is 0 Å². The summed E-state index contributed by atoms with van der Waals surface area (Å²) in [5.41, 5.74) is 0.320. The highest BCUT2D eigenvalue weighted by Crippen LogP contribution is 2.26. The smallest absolute Gasteiger partial charge is 0.343 e. The number of rotatable bonds is 4. The molecule has 20 heavy (non-hydrogen) atoms. The maximum absolute atomic E-state index is 12.1. The van der Waals surface area contributed by atoms with Gasteiger partial charge in [0.1, 0.15) is 17.2 Å². The van der Waals surface area contributed by atoms with Crippen LogP contribution in [0.4, 0.5) is 0 Å². The second-order valence-corrected chi connectivity index (χ2v) is 4.33. The summed E-state index contributed by atoms with van der Waals surface area (Å²) in [6, 6.07) is 11.6. The maximum Gasteiger partial charge on any atom is 0.343 e. The van der Waals surface area contributed by atoms with Crippen LogP contribution in [0, 0.1) is 0 Å². The topological polar surface area (TPSA) is 44.8 Å². The van der Waals surface area contributed by atoms with E-state index in [1.807, 2.05) is 0 Å². The number of carbonyl (C=O) groups is 1. The van der Waals surface area contributed by atoms with E-state index in [0.29, 0.717) is 27.8 Å². The van der Waals surface area contributed by atoms with Crippen LogP contribution in [-0.4, -0.2) is 20.2 Å². The lowest BCUT2D eigenvalue weighted by Gasteiger charge is -2.09. The lowest BCUT2D eigenvalue weighted by Crippen LogP contribution is -2.09. The molecule has 0 aliphatic heterocycles. The van der Waals surface area contributed by atoms with Crippen LogP contribution in [0.5, 0.6) is 17.2 Å². The second kappa shape index (κ2) is 6.30. The molecule has 0 saturated carbocycles. The molecule has 2 aromatic rings. The van der Waals surface area contributed by atoms with Gasteiger partial charge in [-0.1, -0.05) is 23.7 Å². The highest BCUT2D eigenvalue weighted by atomic mass is 35.5. The van der Waals surface area contributed by atoms with Crippen molar-refractivity contribution in [3.8, 4) is 17.2 Å². The van der Waals surface area contributed by atoms with Gasteiger partial charge in [-0.3, -0.25) is 0 Å². The third-order valence-electron chi connectivity index (χ3n) is 2.63. The number of ether oxygens (including phenoxy) is 3. The van der Waals surface area contributed by atoms with E-state index in [4.69, 9.17) is 25.8 Å². The van der Waals surface area contributed by atoms with Crippen molar-refractivity contribution in [3.63, 3.8) is 0 Å². The van der Waals surface area contributed by atoms with Crippen LogP contribution in [0.25, 0.3) is 0 Å². The number of para-hydroxylation sites is 1. The van der Waals surface area contributed by atoms with E-state index in [1.165, 1.54) is 14.2 Å². The zero-order chi connectivity index (χ0) is 14.5. The number of hydrogen-bond acceptors (Lipinski definition) is 4. The van der Waals surface area contributed by atoms with E-state index in [-0.39, 0.29) is 0 Å². The standard InChI is InChI=1S/C15H13ClO4/c1-18-11-7-10(8-12(9-11)19-2)15(17)20-14-6-4-3-5-13(14)16/h3-9H,1-2H3. The Morgan fingerprint density at radius 2 is 1.60 bits per heavy atom. The molecular weight excluding hydrogens is 280 g/mol. The lowest BCUT2D eigenvalue weighted by atomic mass is 10.2. The summed E-state index contributed by atoms with van der Waals surface area (Å²) in [6.07, 6.45) is 0. The molecule has 2 rings (SSSR count). The van der Waals surface area contributed by atoms with Crippen molar-refractivity contribution in [2.45, 2.75) is 0 Å². The monoisotopic (exact) mass is 292 g/mol. The Kier molecular flexibility index (Phi) is 4.48. The van der Waals surface area contributed by atoms with Gasteiger partial charge in [0.2, 0.25) is 0 Å². The quantitative estimate of drug-likeness (QED) is 0.638. The van der Waals surface area contributed by atoms with Gasteiger partial charge in [0.15, 0.2) is 0 Å². The fourth-order valence-corrected chi connectivity index (χ4v) is 1.79. The highest BCUT2D eigenvalue weighted by Gasteiger charge is 2.13. The van der Waals surface area contributed by atoms with Crippen LogP contribution >= 0.6 is 11.6 Å². The predicted octanol–water partition coefficient (Wildman–Crippen LogP) is 3.58. The van der Waals surface area contributed by atoms with E-state index in [0.717, 1.165) is 0 Å². The first-order valence-corrected chi connectivity index (χ1v) is 6.21. The molecule has 0 aromatic heterocycles. The van der Waals surface area contributed by atoms with Crippen LogP contribution in [0.2, 0.25) is 5.02 Å². The lowest BCUT2D eigenvalue weighted by molar-refractivity contribution is 0.0734. The van der Waals surface area contributed by atoms with E-state index in [2.05, 4.69) is 0 Å². The van der Waals surface area contributed by atoms with Crippen LogP contribution < -0.4 is 14.2 Å². The van der Waals surface area contributed by atoms with E-state index in [9.17, 15) is 4.79 Å². The van der Waals surface area contributed by atoms with Gasteiger partial charge in [0.25, 0.3) is 0 Å². The zero-order valence-electron chi connectivity index (χ0n) is 11.1. The van der Waals surface area contributed by atoms with Gasteiger partial charge in [0.05, 0.1) is 24.8 Å². The minimum Gasteiger partial charge on any atom is -0.497 e. The number of hydrogen-bond donors (Lipinski definition) is 0. The van der Waals surface area contributed by atoms with Gasteiger partial charge >= 0.3 is 5.97 Å². The van der Waals surface area contributed by atoms with Gasteiger partial charge < -0.3 is 14.2 Å². The summed E-state index contributed by atoms with van der Waals surface area (Å²) in [6.45, 7) is 0. The Morgan fingerprint density at radius 1 is 1.00 bits per heavy atom. The summed E-state index contributed by atoms with van der Waals surface area (Å²) in [5.74, 6) is 0.794. The molecule has 0 unspecified atom stereocenters. The summed E-state index contributed by atoms with van der Waals surface area (Å²) < 4.78 is 15.5. The summed E-state index contributed by atoms with van der Waals surface area (Å²) in [4.78, 5) is 12.1. The summed E-state index contributed by atoms with van der Waals surface area (Å²) in [7, 11) is 3.02. The fraction of sp³-hybridized carbons (Fsp3) is 0.133. The molecule has 0 N–H and O–H groups in total. The summed E-state index contributed by atoms with van der Waals surface area (Å²) in [5, 5.41) is 0.371. The summed E-state index contributed by atoms with van der Waals surface area (Å²) >= 11 is 5.95. The molecule has 0 radical (unpaired) electrons. The van der Waals surface area contributed by atoms with Crippen molar-refractivity contribution in [2.75, 3.05) is 14.2 Å². The average molecular weight is 293 g/mol. The molecule has 0 heterocycles. The molecular formula is C15H13ClO4.